The Morgan fingerprint density at radius 3 is 2.23 bits per heavy atom. The van der Waals surface area contributed by atoms with Crippen molar-refractivity contribution in [3.63, 3.8) is 0 Å². The van der Waals surface area contributed by atoms with Crippen molar-refractivity contribution >= 4 is 17.8 Å². The quantitative estimate of drug-likeness (QED) is 0.730. The first kappa shape index (κ1) is 21.5. The molecular weight excluding hydrogens is 353 g/mol. The van der Waals surface area contributed by atoms with Crippen LogP contribution in [-0.2, 0) is 14.4 Å². The molecule has 1 aromatic carbocycles. The van der Waals surface area contributed by atoms with Gasteiger partial charge in [0, 0.05) is 26.4 Å². The van der Waals surface area contributed by atoms with Gasteiger partial charge in [-0.15, -0.1) is 0 Å². The van der Waals surface area contributed by atoms with Crippen molar-refractivity contribution in [1.29, 1.82) is 0 Å². The van der Waals surface area contributed by atoms with E-state index in [0.29, 0.717) is 0 Å². The summed E-state index contributed by atoms with van der Waals surface area (Å²) in [5.74, 6) is -4.72. The van der Waals surface area contributed by atoms with E-state index < -0.39 is 42.3 Å². The number of benzene rings is 1. The first-order chi connectivity index (χ1) is 12.0. The maximum Gasteiger partial charge on any atom is 0.396 e. The van der Waals surface area contributed by atoms with Gasteiger partial charge in [-0.25, -0.2) is 4.79 Å². The molecule has 1 aromatic rings. The van der Waals surface area contributed by atoms with Gasteiger partial charge in [0.05, 0.1) is 5.92 Å². The normalized spacial score (nSPS) is 13.6. The van der Waals surface area contributed by atoms with Crippen LogP contribution in [0.15, 0.2) is 30.3 Å². The second kappa shape index (κ2) is 9.21. The number of nitrogens with one attached hydrogen (secondary N) is 1. The SMILES string of the molecule is CC(=O)NCCN(C(=O)CC(c1ccccc1)C(F)(F)F)C(C)C(=O)O. The highest BCUT2D eigenvalue weighted by Crippen LogP contribution is 2.37. The summed E-state index contributed by atoms with van der Waals surface area (Å²) < 4.78 is 40.2. The zero-order valence-electron chi connectivity index (χ0n) is 14.4. The number of hydrogen-bond acceptors (Lipinski definition) is 3. The predicted octanol–water partition coefficient (Wildman–Crippen LogP) is 2.16. The van der Waals surface area contributed by atoms with Gasteiger partial charge in [-0.2, -0.15) is 13.2 Å². The van der Waals surface area contributed by atoms with Gasteiger partial charge in [-0.05, 0) is 12.5 Å². The third kappa shape index (κ3) is 6.38. The van der Waals surface area contributed by atoms with Crippen molar-refractivity contribution in [1.82, 2.24) is 10.2 Å². The molecule has 0 aliphatic rings. The number of carbonyl (C=O) groups is 3. The summed E-state index contributed by atoms with van der Waals surface area (Å²) in [4.78, 5) is 35.4. The predicted molar refractivity (Wildman–Crippen MR) is 87.3 cm³/mol. The molecule has 0 aromatic heterocycles. The Kier molecular flexibility index (Phi) is 7.60. The molecule has 144 valence electrons. The molecule has 9 heteroatoms. The Hall–Kier alpha value is -2.58. The van der Waals surface area contributed by atoms with Crippen molar-refractivity contribution < 1.29 is 32.7 Å². The molecule has 26 heavy (non-hydrogen) atoms. The van der Waals surface area contributed by atoms with Crippen molar-refractivity contribution in [3.8, 4) is 0 Å². The van der Waals surface area contributed by atoms with Crippen LogP contribution in [-0.4, -0.2) is 53.1 Å². The molecule has 0 heterocycles. The summed E-state index contributed by atoms with van der Waals surface area (Å²) in [5.41, 5.74) is -0.0712. The number of carboxylic acids is 1. The van der Waals surface area contributed by atoms with Crippen LogP contribution >= 0.6 is 0 Å². The van der Waals surface area contributed by atoms with Crippen LogP contribution in [0, 0.1) is 0 Å². The lowest BCUT2D eigenvalue weighted by Crippen LogP contribution is -2.47. The Morgan fingerprint density at radius 2 is 1.77 bits per heavy atom. The molecule has 0 fully saturated rings. The fraction of sp³-hybridized carbons (Fsp3) is 0.471. The minimum atomic E-state index is -4.66. The van der Waals surface area contributed by atoms with Gasteiger partial charge in [0.25, 0.3) is 0 Å². The Balaban J connectivity index is 3.00. The van der Waals surface area contributed by atoms with Crippen LogP contribution in [0.1, 0.15) is 31.7 Å². The van der Waals surface area contributed by atoms with E-state index in [1.54, 1.807) is 6.07 Å². The van der Waals surface area contributed by atoms with Crippen LogP contribution < -0.4 is 5.32 Å². The molecule has 0 saturated heterocycles. The largest absolute Gasteiger partial charge is 0.480 e. The lowest BCUT2D eigenvalue weighted by atomic mass is 9.94. The van der Waals surface area contributed by atoms with Gasteiger partial charge < -0.3 is 15.3 Å². The smallest absolute Gasteiger partial charge is 0.396 e. The highest BCUT2D eigenvalue weighted by Gasteiger charge is 2.43. The summed E-state index contributed by atoms with van der Waals surface area (Å²) in [7, 11) is 0. The fourth-order valence-corrected chi connectivity index (χ4v) is 2.42. The second-order valence-electron chi connectivity index (χ2n) is 5.79. The molecule has 2 atom stereocenters. The third-order valence-electron chi connectivity index (χ3n) is 3.85. The Morgan fingerprint density at radius 1 is 1.19 bits per heavy atom. The lowest BCUT2D eigenvalue weighted by molar-refractivity contribution is -0.163. The number of carboxylic acid groups (broad SMARTS) is 1. The van der Waals surface area contributed by atoms with Crippen molar-refractivity contribution in [2.24, 2.45) is 0 Å². The molecule has 6 nitrogen and oxygen atoms in total. The standard InChI is InChI=1S/C17H21F3N2O4/c1-11(16(25)26)22(9-8-21-12(2)23)15(24)10-14(17(18,19)20)13-6-4-3-5-7-13/h3-7,11,14H,8-10H2,1-2H3,(H,21,23)(H,25,26). The monoisotopic (exact) mass is 374 g/mol. The highest BCUT2D eigenvalue weighted by molar-refractivity contribution is 5.84. The van der Waals surface area contributed by atoms with E-state index in [2.05, 4.69) is 5.32 Å². The zero-order valence-corrected chi connectivity index (χ0v) is 14.4. The molecule has 0 spiro atoms. The van der Waals surface area contributed by atoms with Gasteiger partial charge in [-0.3, -0.25) is 9.59 Å². The third-order valence-corrected chi connectivity index (χ3v) is 3.85. The number of carbonyl (C=O) groups excluding carboxylic acids is 2. The summed E-state index contributed by atoms with van der Waals surface area (Å²) >= 11 is 0. The topological polar surface area (TPSA) is 86.7 Å². The molecule has 0 aliphatic heterocycles. The molecule has 1 rings (SSSR count). The molecule has 2 N–H and O–H groups in total. The molecular formula is C17H21F3N2O4. The lowest BCUT2D eigenvalue weighted by Gasteiger charge is -2.29. The van der Waals surface area contributed by atoms with E-state index in [0.717, 1.165) is 4.90 Å². The van der Waals surface area contributed by atoms with Crippen LogP contribution in [0.25, 0.3) is 0 Å². The summed E-state index contributed by atoms with van der Waals surface area (Å²) in [6, 6.07) is 5.66. The van der Waals surface area contributed by atoms with Crippen LogP contribution in [0.2, 0.25) is 0 Å². The maximum atomic E-state index is 13.4. The second-order valence-corrected chi connectivity index (χ2v) is 5.79. The first-order valence-corrected chi connectivity index (χ1v) is 7.92. The van der Waals surface area contributed by atoms with E-state index in [1.165, 1.54) is 38.1 Å². The van der Waals surface area contributed by atoms with E-state index in [1.807, 2.05) is 0 Å². The molecule has 0 radical (unpaired) electrons. The summed E-state index contributed by atoms with van der Waals surface area (Å²) in [6.07, 6.45) is -5.57. The van der Waals surface area contributed by atoms with Crippen molar-refractivity contribution in [2.45, 2.75) is 38.4 Å². The molecule has 0 bridgehead atoms. The summed E-state index contributed by atoms with van der Waals surface area (Å²) in [6.45, 7) is 2.19. The fourth-order valence-electron chi connectivity index (χ4n) is 2.42. The number of rotatable bonds is 8. The van der Waals surface area contributed by atoms with Gasteiger partial charge in [0.1, 0.15) is 6.04 Å². The Bertz CT molecular complexity index is 635. The minimum absolute atomic E-state index is 0.0548. The van der Waals surface area contributed by atoms with Crippen LogP contribution in [0.3, 0.4) is 0 Å². The van der Waals surface area contributed by atoms with Crippen molar-refractivity contribution in [3.05, 3.63) is 35.9 Å². The number of alkyl halides is 3. The van der Waals surface area contributed by atoms with E-state index >= 15 is 0 Å². The molecule has 2 amide bonds. The van der Waals surface area contributed by atoms with Gasteiger partial charge in [0.2, 0.25) is 11.8 Å². The maximum absolute atomic E-state index is 13.4. The average Bonchev–Trinajstić information content (AvgIpc) is 2.55. The number of aliphatic carboxylic acids is 1. The first-order valence-electron chi connectivity index (χ1n) is 7.92. The molecule has 0 aliphatic carbocycles. The Labute approximate surface area is 149 Å². The number of hydrogen-bond donors (Lipinski definition) is 2. The van der Waals surface area contributed by atoms with Crippen LogP contribution in [0.5, 0.6) is 0 Å². The van der Waals surface area contributed by atoms with Crippen LogP contribution in [0.4, 0.5) is 13.2 Å². The minimum Gasteiger partial charge on any atom is -0.480 e. The highest BCUT2D eigenvalue weighted by atomic mass is 19.4. The van der Waals surface area contributed by atoms with E-state index in [-0.39, 0.29) is 18.7 Å². The molecule has 2 unspecified atom stereocenters. The number of halogens is 3. The zero-order chi connectivity index (χ0) is 19.9. The number of nitrogens with zero attached hydrogens (tertiary/aromatic N) is 1. The summed E-state index contributed by atoms with van der Waals surface area (Å²) in [5, 5.41) is 11.5. The van der Waals surface area contributed by atoms with Crippen molar-refractivity contribution in [2.75, 3.05) is 13.1 Å². The van der Waals surface area contributed by atoms with Gasteiger partial charge in [0.15, 0.2) is 0 Å². The van der Waals surface area contributed by atoms with E-state index in [9.17, 15) is 27.6 Å². The number of amides is 2. The van der Waals surface area contributed by atoms with Gasteiger partial charge in [-0.1, -0.05) is 30.3 Å². The molecule has 0 saturated carbocycles. The van der Waals surface area contributed by atoms with E-state index in [4.69, 9.17) is 5.11 Å². The van der Waals surface area contributed by atoms with Gasteiger partial charge >= 0.3 is 12.1 Å². The average molecular weight is 374 g/mol.